The fraction of sp³-hybridized carbons (Fsp3) is 0.353. The van der Waals surface area contributed by atoms with Crippen molar-refractivity contribution in [2.75, 3.05) is 19.5 Å². The fourth-order valence-electron chi connectivity index (χ4n) is 5.34. The van der Waals surface area contributed by atoms with E-state index in [2.05, 4.69) is 24.3 Å². The highest BCUT2D eigenvalue weighted by Gasteiger charge is 2.32. The first-order chi connectivity index (χ1) is 20.8. The Morgan fingerprint density at radius 3 is 2.35 bits per heavy atom. The Morgan fingerprint density at radius 1 is 0.930 bits per heavy atom. The van der Waals surface area contributed by atoms with Crippen molar-refractivity contribution < 1.29 is 27.1 Å². The molecule has 0 aliphatic carbocycles. The van der Waals surface area contributed by atoms with Gasteiger partial charge in [-0.25, -0.2) is 13.4 Å². The molecule has 226 valence electrons. The summed E-state index contributed by atoms with van der Waals surface area (Å²) in [4.78, 5) is 16.5. The third kappa shape index (κ3) is 7.17. The number of hydrogen-bond acceptors (Lipinski definition) is 7. The lowest BCUT2D eigenvalue weighted by atomic mass is 9.99. The number of unbranched alkanes of at least 4 members (excludes halogenated alkanes) is 1. The van der Waals surface area contributed by atoms with Crippen LogP contribution in [0.15, 0.2) is 71.1 Å². The van der Waals surface area contributed by atoms with Crippen molar-refractivity contribution in [2.45, 2.75) is 59.0 Å². The molecule has 0 radical (unpaired) electrons. The highest BCUT2D eigenvalue weighted by molar-refractivity contribution is 7.89. The van der Waals surface area contributed by atoms with Gasteiger partial charge < -0.3 is 13.9 Å². The molecule has 0 amide bonds. The van der Waals surface area contributed by atoms with E-state index in [0.717, 1.165) is 51.3 Å². The summed E-state index contributed by atoms with van der Waals surface area (Å²) < 4.78 is 44.6. The Labute approximate surface area is 253 Å². The van der Waals surface area contributed by atoms with Gasteiger partial charge in [-0.1, -0.05) is 61.9 Å². The van der Waals surface area contributed by atoms with Crippen LogP contribution in [-0.2, 0) is 45.5 Å². The van der Waals surface area contributed by atoms with E-state index >= 15 is 0 Å². The zero-order chi connectivity index (χ0) is 30.4. The van der Waals surface area contributed by atoms with E-state index in [4.69, 9.17) is 18.9 Å². The van der Waals surface area contributed by atoms with Gasteiger partial charge in [0.25, 0.3) is 0 Å². The molecule has 9 heteroatoms. The van der Waals surface area contributed by atoms with Crippen LogP contribution in [0.1, 0.15) is 54.3 Å². The molecule has 0 bridgehead atoms. The molecule has 0 N–H and O–H groups in total. The van der Waals surface area contributed by atoms with E-state index in [1.165, 1.54) is 11.4 Å². The number of hydrogen-bond donors (Lipinski definition) is 0. The maximum absolute atomic E-state index is 13.0. The summed E-state index contributed by atoms with van der Waals surface area (Å²) in [5.74, 6) is 1.78. The zero-order valence-electron chi connectivity index (χ0n) is 25.0. The molecule has 0 unspecified atom stereocenters. The lowest BCUT2D eigenvalue weighted by Gasteiger charge is -2.15. The van der Waals surface area contributed by atoms with Gasteiger partial charge in [0, 0.05) is 37.1 Å². The topological polar surface area (TPSA) is 98.9 Å². The van der Waals surface area contributed by atoms with E-state index in [9.17, 15) is 13.2 Å². The van der Waals surface area contributed by atoms with Gasteiger partial charge in [0.1, 0.15) is 11.5 Å². The second-order valence-corrected chi connectivity index (χ2v) is 12.8. The number of carbonyl (C=O) groups excluding carboxylic acids is 1. The SMILES string of the molecule is CCCCS(=O)(=O)N1Cc2c(CCC(=O)OC)ccc(OCCc3nc(-c4ccc(-c5ccccc5)cc4)oc3C)c2C1. The number of oxazole rings is 1. The Bertz CT molecular complexity index is 1660. The second kappa shape index (κ2) is 13.6. The lowest BCUT2D eigenvalue weighted by molar-refractivity contribution is -0.140. The Hall–Kier alpha value is -3.95. The van der Waals surface area contributed by atoms with Gasteiger partial charge in [0.05, 0.1) is 25.2 Å². The number of carbonyl (C=O) groups is 1. The number of benzene rings is 3. The molecule has 1 aromatic heterocycles. The molecule has 2 heterocycles. The summed E-state index contributed by atoms with van der Waals surface area (Å²) in [7, 11) is -2.04. The van der Waals surface area contributed by atoms with Crippen molar-refractivity contribution in [3.05, 3.63) is 94.9 Å². The Morgan fingerprint density at radius 2 is 1.63 bits per heavy atom. The first kappa shape index (κ1) is 30.5. The molecular weight excluding hydrogens is 564 g/mol. The largest absolute Gasteiger partial charge is 0.493 e. The van der Waals surface area contributed by atoms with Crippen LogP contribution in [0, 0.1) is 6.92 Å². The average molecular weight is 603 g/mol. The number of aryl methyl sites for hydroxylation is 2. The molecule has 3 aromatic carbocycles. The summed E-state index contributed by atoms with van der Waals surface area (Å²) >= 11 is 0. The number of rotatable bonds is 13. The lowest BCUT2D eigenvalue weighted by Crippen LogP contribution is -2.28. The van der Waals surface area contributed by atoms with E-state index in [1.54, 1.807) is 0 Å². The first-order valence-electron chi connectivity index (χ1n) is 14.7. The highest BCUT2D eigenvalue weighted by atomic mass is 32.2. The number of fused-ring (bicyclic) bond motifs is 1. The molecular formula is C34H38N2O6S. The second-order valence-electron chi connectivity index (χ2n) is 10.8. The van der Waals surface area contributed by atoms with Crippen molar-refractivity contribution in [3.63, 3.8) is 0 Å². The molecule has 5 rings (SSSR count). The van der Waals surface area contributed by atoms with E-state index in [0.29, 0.717) is 37.5 Å². The van der Waals surface area contributed by atoms with E-state index < -0.39 is 10.0 Å². The van der Waals surface area contributed by atoms with Gasteiger partial charge in [-0.2, -0.15) is 4.31 Å². The minimum Gasteiger partial charge on any atom is -0.493 e. The molecule has 43 heavy (non-hydrogen) atoms. The van der Waals surface area contributed by atoms with Crippen molar-refractivity contribution in [2.24, 2.45) is 0 Å². The van der Waals surface area contributed by atoms with Crippen LogP contribution in [0.5, 0.6) is 5.75 Å². The van der Waals surface area contributed by atoms with Crippen molar-refractivity contribution in [3.8, 4) is 28.3 Å². The highest BCUT2D eigenvalue weighted by Crippen LogP contribution is 2.36. The van der Waals surface area contributed by atoms with Gasteiger partial charge in [-0.15, -0.1) is 0 Å². The molecule has 1 aliphatic heterocycles. The maximum atomic E-state index is 13.0. The summed E-state index contributed by atoms with van der Waals surface area (Å²) in [6.07, 6.45) is 2.67. The van der Waals surface area contributed by atoms with Gasteiger partial charge in [-0.3, -0.25) is 4.79 Å². The van der Waals surface area contributed by atoms with Crippen LogP contribution in [0.25, 0.3) is 22.6 Å². The average Bonchev–Trinajstić information content (AvgIpc) is 3.65. The Kier molecular flexibility index (Phi) is 9.62. The van der Waals surface area contributed by atoms with E-state index in [1.807, 2.05) is 56.3 Å². The number of esters is 1. The monoisotopic (exact) mass is 602 g/mol. The van der Waals surface area contributed by atoms with Crippen LogP contribution in [0.4, 0.5) is 0 Å². The van der Waals surface area contributed by atoms with E-state index in [-0.39, 0.29) is 31.2 Å². The molecule has 0 saturated carbocycles. The predicted octanol–water partition coefficient (Wildman–Crippen LogP) is 6.49. The van der Waals surface area contributed by atoms with Gasteiger partial charge in [-0.05, 0) is 60.2 Å². The summed E-state index contributed by atoms with van der Waals surface area (Å²) in [6.45, 7) is 4.78. The van der Waals surface area contributed by atoms with Gasteiger partial charge in [0.2, 0.25) is 15.9 Å². The zero-order valence-corrected chi connectivity index (χ0v) is 25.8. The molecule has 0 saturated heterocycles. The van der Waals surface area contributed by atoms with Crippen molar-refractivity contribution >= 4 is 16.0 Å². The number of ether oxygens (including phenoxy) is 2. The van der Waals surface area contributed by atoms with Crippen LogP contribution < -0.4 is 4.74 Å². The minimum atomic E-state index is -3.41. The summed E-state index contributed by atoms with van der Waals surface area (Å²) in [5, 5.41) is 0. The molecule has 4 aromatic rings. The van der Waals surface area contributed by atoms with Gasteiger partial charge >= 0.3 is 5.97 Å². The minimum absolute atomic E-state index is 0.119. The van der Waals surface area contributed by atoms with Crippen LogP contribution >= 0.6 is 0 Å². The Balaban J connectivity index is 1.28. The number of sulfonamides is 1. The standard InChI is InChI=1S/C34H38N2O6S/c1-4-5-21-43(38,39)36-22-29-27(16-18-33(37)40-3)15-17-32(30(29)23-36)41-20-19-31-24(2)42-34(35-31)28-13-11-26(12-14-28)25-9-7-6-8-10-25/h6-15,17H,4-5,16,18-23H2,1-3H3. The van der Waals surface area contributed by atoms with Crippen LogP contribution in [-0.4, -0.2) is 43.1 Å². The number of nitrogens with zero attached hydrogens (tertiary/aromatic N) is 2. The van der Waals surface area contributed by atoms with Gasteiger partial charge in [0.15, 0.2) is 0 Å². The molecule has 0 fully saturated rings. The van der Waals surface area contributed by atoms with Crippen molar-refractivity contribution in [1.29, 1.82) is 0 Å². The normalized spacial score (nSPS) is 13.2. The molecule has 0 atom stereocenters. The van der Waals surface area contributed by atoms with Crippen LogP contribution in [0.2, 0.25) is 0 Å². The quantitative estimate of drug-likeness (QED) is 0.161. The molecule has 8 nitrogen and oxygen atoms in total. The summed E-state index contributed by atoms with van der Waals surface area (Å²) in [5.41, 5.74) is 6.72. The summed E-state index contributed by atoms with van der Waals surface area (Å²) in [6, 6.07) is 22.2. The predicted molar refractivity (Wildman–Crippen MR) is 166 cm³/mol. The molecule has 1 aliphatic rings. The third-order valence-corrected chi connectivity index (χ3v) is 9.71. The van der Waals surface area contributed by atoms with Crippen LogP contribution in [0.3, 0.4) is 0 Å². The van der Waals surface area contributed by atoms with Crippen molar-refractivity contribution in [1.82, 2.24) is 9.29 Å². The first-order valence-corrected chi connectivity index (χ1v) is 16.3. The smallest absolute Gasteiger partial charge is 0.305 e. The maximum Gasteiger partial charge on any atom is 0.305 e. The molecule has 0 spiro atoms. The number of methoxy groups -OCH3 is 1. The number of aromatic nitrogens is 1. The third-order valence-electron chi connectivity index (χ3n) is 7.86. The fourth-order valence-corrected chi connectivity index (χ4v) is 6.90.